The van der Waals surface area contributed by atoms with Crippen LogP contribution in [0.3, 0.4) is 0 Å². The maximum Gasteiger partial charge on any atom is 0.328 e. The summed E-state index contributed by atoms with van der Waals surface area (Å²) in [6.07, 6.45) is 1.30. The van der Waals surface area contributed by atoms with Gasteiger partial charge in [-0.3, -0.25) is 14.9 Å². The minimum Gasteiger partial charge on any atom is -0.480 e. The van der Waals surface area contributed by atoms with E-state index in [4.69, 9.17) is 4.74 Å². The van der Waals surface area contributed by atoms with Crippen LogP contribution in [0, 0.1) is 30.9 Å². The summed E-state index contributed by atoms with van der Waals surface area (Å²) in [5.41, 5.74) is 2.73. The Morgan fingerprint density at radius 3 is 2.56 bits per heavy atom. The van der Waals surface area contributed by atoms with E-state index >= 15 is 0 Å². The number of benzene rings is 2. The van der Waals surface area contributed by atoms with Gasteiger partial charge >= 0.3 is 5.97 Å². The first-order valence-corrected chi connectivity index (χ1v) is 9.69. The summed E-state index contributed by atoms with van der Waals surface area (Å²) in [5, 5.41) is 27.1. The van der Waals surface area contributed by atoms with Crippen LogP contribution in [0.2, 0.25) is 0 Å². The number of nitro benzene ring substituents is 1. The zero-order valence-electron chi connectivity index (χ0n) is 17.9. The smallest absolute Gasteiger partial charge is 0.328 e. The summed E-state index contributed by atoms with van der Waals surface area (Å²) in [7, 11) is 0. The van der Waals surface area contributed by atoms with Crippen molar-refractivity contribution in [1.29, 1.82) is 0 Å². The molecule has 3 rings (SSSR count). The Hall–Kier alpha value is -4.21. The van der Waals surface area contributed by atoms with Crippen LogP contribution in [0.15, 0.2) is 42.6 Å². The average molecular weight is 438 g/mol. The van der Waals surface area contributed by atoms with Gasteiger partial charge < -0.3 is 15.2 Å². The predicted molar refractivity (Wildman–Crippen MR) is 116 cm³/mol. The number of aryl methyl sites for hydroxylation is 2. The topological polar surface area (TPSA) is 137 Å². The van der Waals surface area contributed by atoms with Crippen LogP contribution in [-0.2, 0) is 4.79 Å². The highest BCUT2D eigenvalue weighted by molar-refractivity contribution is 6.03. The lowest BCUT2D eigenvalue weighted by atomic mass is 10.1. The zero-order valence-corrected chi connectivity index (χ0v) is 17.9. The number of nitrogens with zero attached hydrogens (tertiary/aromatic N) is 3. The molecular formula is C22H22N4O6. The molecule has 0 saturated carbocycles. The average Bonchev–Trinajstić information content (AvgIpc) is 3.20. The van der Waals surface area contributed by atoms with Crippen molar-refractivity contribution in [3.8, 4) is 11.5 Å². The molecule has 10 heteroatoms. The van der Waals surface area contributed by atoms with E-state index < -0.39 is 22.8 Å². The number of carboxylic acid groups (broad SMARTS) is 1. The Balaban J connectivity index is 1.94. The second-order valence-electron chi connectivity index (χ2n) is 7.41. The lowest BCUT2D eigenvalue weighted by Crippen LogP contribution is -2.24. The van der Waals surface area contributed by atoms with Crippen molar-refractivity contribution in [1.82, 2.24) is 9.78 Å². The van der Waals surface area contributed by atoms with Crippen LogP contribution < -0.4 is 10.1 Å². The zero-order chi connectivity index (χ0) is 23.6. The molecule has 0 aliphatic heterocycles. The van der Waals surface area contributed by atoms with Gasteiger partial charge in [-0.15, -0.1) is 0 Å². The normalized spacial score (nSPS) is 11.6. The van der Waals surface area contributed by atoms with E-state index in [1.54, 1.807) is 0 Å². The largest absolute Gasteiger partial charge is 0.480 e. The second kappa shape index (κ2) is 8.88. The van der Waals surface area contributed by atoms with E-state index in [0.717, 1.165) is 21.4 Å². The second-order valence-corrected chi connectivity index (χ2v) is 7.41. The molecule has 10 nitrogen and oxygen atoms in total. The van der Waals surface area contributed by atoms with Gasteiger partial charge in [-0.25, -0.2) is 9.48 Å². The van der Waals surface area contributed by atoms with Crippen LogP contribution in [0.4, 0.5) is 11.4 Å². The van der Waals surface area contributed by atoms with E-state index in [1.807, 2.05) is 32.9 Å². The van der Waals surface area contributed by atoms with Crippen molar-refractivity contribution in [3.63, 3.8) is 0 Å². The summed E-state index contributed by atoms with van der Waals surface area (Å²) in [6, 6.07) is 8.05. The van der Waals surface area contributed by atoms with Gasteiger partial charge in [-0.05, 0) is 56.5 Å². The van der Waals surface area contributed by atoms with Gasteiger partial charge in [0.2, 0.25) is 0 Å². The molecule has 32 heavy (non-hydrogen) atoms. The highest BCUT2D eigenvalue weighted by Gasteiger charge is 2.22. The van der Waals surface area contributed by atoms with Crippen LogP contribution in [0.5, 0.6) is 11.5 Å². The maximum absolute atomic E-state index is 12.7. The van der Waals surface area contributed by atoms with Crippen LogP contribution >= 0.6 is 0 Å². The standard InChI is InChI=1S/C22H22N4O6/c1-12-7-13(2)14(3)20(8-12)32-18-10-16(9-17(11-18)26(30)31)24-21(27)19-5-6-23-25(19)15(4)22(28)29/h5-11,15H,1-4H3,(H,24,27)(H,28,29). The molecule has 0 radical (unpaired) electrons. The predicted octanol–water partition coefficient (Wildman–Crippen LogP) is 4.41. The minimum atomic E-state index is -1.15. The quantitative estimate of drug-likeness (QED) is 0.412. The van der Waals surface area contributed by atoms with Gasteiger partial charge in [0.25, 0.3) is 11.6 Å². The van der Waals surface area contributed by atoms with Crippen molar-refractivity contribution in [2.75, 3.05) is 5.32 Å². The maximum atomic E-state index is 12.7. The van der Waals surface area contributed by atoms with Crippen molar-refractivity contribution in [2.45, 2.75) is 33.7 Å². The molecule has 0 bridgehead atoms. The summed E-state index contributed by atoms with van der Waals surface area (Å²) >= 11 is 0. The molecule has 0 saturated heterocycles. The number of aromatic nitrogens is 2. The van der Waals surface area contributed by atoms with Gasteiger partial charge in [-0.2, -0.15) is 5.10 Å². The van der Waals surface area contributed by atoms with Gasteiger partial charge in [0.1, 0.15) is 23.2 Å². The number of carbonyl (C=O) groups is 2. The number of amides is 1. The number of aliphatic carboxylic acids is 1. The first kappa shape index (κ1) is 22.5. The first-order valence-electron chi connectivity index (χ1n) is 9.69. The lowest BCUT2D eigenvalue weighted by molar-refractivity contribution is -0.384. The Bertz CT molecular complexity index is 1220. The number of non-ortho nitro benzene ring substituents is 1. The fraction of sp³-hybridized carbons (Fsp3) is 0.227. The van der Waals surface area contributed by atoms with E-state index in [-0.39, 0.29) is 22.8 Å². The van der Waals surface area contributed by atoms with Gasteiger partial charge in [0.15, 0.2) is 0 Å². The van der Waals surface area contributed by atoms with Gasteiger partial charge in [0.05, 0.1) is 16.7 Å². The highest BCUT2D eigenvalue weighted by Crippen LogP contribution is 2.33. The molecule has 1 heterocycles. The lowest BCUT2D eigenvalue weighted by Gasteiger charge is -2.14. The van der Waals surface area contributed by atoms with E-state index in [2.05, 4.69) is 10.4 Å². The third-order valence-electron chi connectivity index (χ3n) is 4.98. The van der Waals surface area contributed by atoms with E-state index in [1.165, 1.54) is 37.4 Å². The third kappa shape index (κ3) is 4.75. The minimum absolute atomic E-state index is 0.000900. The number of rotatable bonds is 7. The SMILES string of the molecule is Cc1cc(C)c(C)c(Oc2cc(NC(=O)c3ccnn3C(C)C(=O)O)cc([N+](=O)[O-])c2)c1. The monoisotopic (exact) mass is 438 g/mol. The third-order valence-corrected chi connectivity index (χ3v) is 4.98. The molecule has 1 atom stereocenters. The van der Waals surface area contributed by atoms with Gasteiger partial charge in [-0.1, -0.05) is 6.07 Å². The fourth-order valence-electron chi connectivity index (χ4n) is 3.16. The van der Waals surface area contributed by atoms with Gasteiger partial charge in [0, 0.05) is 18.3 Å². The number of hydrogen-bond donors (Lipinski definition) is 2. The molecule has 2 aromatic carbocycles. The number of anilines is 1. The molecule has 0 spiro atoms. The molecule has 0 aliphatic carbocycles. The van der Waals surface area contributed by atoms with E-state index in [0.29, 0.717) is 5.75 Å². The van der Waals surface area contributed by atoms with Crippen molar-refractivity contribution in [3.05, 3.63) is 75.1 Å². The summed E-state index contributed by atoms with van der Waals surface area (Å²) in [5.74, 6) is -1.09. The molecule has 2 N–H and O–H groups in total. The number of nitrogens with one attached hydrogen (secondary N) is 1. The molecule has 0 aliphatic rings. The molecule has 1 unspecified atom stereocenters. The summed E-state index contributed by atoms with van der Waals surface area (Å²) < 4.78 is 6.98. The van der Waals surface area contributed by atoms with Crippen molar-refractivity contribution < 1.29 is 24.4 Å². The Morgan fingerprint density at radius 1 is 1.19 bits per heavy atom. The number of carbonyl (C=O) groups excluding carboxylic acids is 1. The molecule has 1 aromatic heterocycles. The van der Waals surface area contributed by atoms with Crippen molar-refractivity contribution >= 4 is 23.3 Å². The van der Waals surface area contributed by atoms with Crippen LogP contribution in [-0.4, -0.2) is 31.7 Å². The molecule has 0 fully saturated rings. The number of carboxylic acids is 1. The summed E-state index contributed by atoms with van der Waals surface area (Å²) in [4.78, 5) is 34.8. The Morgan fingerprint density at radius 2 is 1.91 bits per heavy atom. The Labute approximate surface area is 183 Å². The first-order chi connectivity index (χ1) is 15.1. The number of nitro groups is 1. The number of hydrogen-bond acceptors (Lipinski definition) is 6. The molecule has 3 aromatic rings. The fourth-order valence-corrected chi connectivity index (χ4v) is 3.16. The number of ether oxygens (including phenoxy) is 1. The highest BCUT2D eigenvalue weighted by atomic mass is 16.6. The molecular weight excluding hydrogens is 416 g/mol. The summed E-state index contributed by atoms with van der Waals surface area (Å²) in [6.45, 7) is 7.13. The Kier molecular flexibility index (Phi) is 6.24. The molecule has 1 amide bonds. The molecule has 166 valence electrons. The van der Waals surface area contributed by atoms with Crippen molar-refractivity contribution in [2.24, 2.45) is 0 Å². The van der Waals surface area contributed by atoms with E-state index in [9.17, 15) is 24.8 Å². The van der Waals surface area contributed by atoms with Crippen LogP contribution in [0.1, 0.15) is 40.1 Å². The van der Waals surface area contributed by atoms with Crippen LogP contribution in [0.25, 0.3) is 0 Å².